The van der Waals surface area contributed by atoms with E-state index in [-0.39, 0.29) is 90.6 Å². The standard InChI is InChI=1S/C33H59BN8O14/c1-22(2)31(32(52)38-18-27(45)42-13-5-6-24(42)34(55)56)39-26(44)7-3-4-10-37-25(43)9-8-23(33(53)54)41(15-12-36-20-29(48)49)17-16-40(21-30(50)51)14-11-35-19-28(46)47/h22-24,31,35-36,55-56H,3-21H2,1-2H3,(H,37,43)(H,38,52)(H,39,44)(H,46,47)(H,48,49)(H,50,51)(H,53,54)/t23?,24-,31?/m0/s1. The monoisotopic (exact) mass is 802 g/mol. The van der Waals surface area contributed by atoms with Gasteiger partial charge in [-0.05, 0) is 38.0 Å². The number of amides is 4. The van der Waals surface area contributed by atoms with Gasteiger partial charge in [-0.1, -0.05) is 13.8 Å². The summed E-state index contributed by atoms with van der Waals surface area (Å²) in [6.07, 6.45) is 1.53. The zero-order valence-corrected chi connectivity index (χ0v) is 32.1. The van der Waals surface area contributed by atoms with E-state index < -0.39 is 79.2 Å². The molecule has 1 saturated heterocycles. The predicted octanol–water partition coefficient (Wildman–Crippen LogP) is -4.20. The van der Waals surface area contributed by atoms with Crippen LogP contribution in [0.25, 0.3) is 0 Å². The third-order valence-electron chi connectivity index (χ3n) is 8.96. The lowest BCUT2D eigenvalue weighted by molar-refractivity contribution is -0.144. The summed E-state index contributed by atoms with van der Waals surface area (Å²) >= 11 is 0. The molecule has 11 N–H and O–H groups in total. The Balaban J connectivity index is 2.62. The van der Waals surface area contributed by atoms with Crippen molar-refractivity contribution in [3.8, 4) is 0 Å². The van der Waals surface area contributed by atoms with Crippen LogP contribution in [0.1, 0.15) is 58.8 Å². The van der Waals surface area contributed by atoms with Crippen LogP contribution in [0, 0.1) is 5.92 Å². The van der Waals surface area contributed by atoms with E-state index in [9.17, 15) is 58.6 Å². The summed E-state index contributed by atoms with van der Waals surface area (Å²) in [6, 6.07) is -2.11. The third-order valence-corrected chi connectivity index (χ3v) is 8.96. The zero-order chi connectivity index (χ0) is 42.2. The maximum absolute atomic E-state index is 12.8. The van der Waals surface area contributed by atoms with Gasteiger partial charge in [0.15, 0.2) is 0 Å². The summed E-state index contributed by atoms with van der Waals surface area (Å²) in [5, 5.41) is 69.3. The Labute approximate surface area is 325 Å². The van der Waals surface area contributed by atoms with Crippen molar-refractivity contribution in [1.82, 2.24) is 41.3 Å². The Hall–Kier alpha value is -4.42. The largest absolute Gasteiger partial charge is 0.480 e. The summed E-state index contributed by atoms with van der Waals surface area (Å²) < 4.78 is 0. The number of hydrogen-bond donors (Lipinski definition) is 11. The number of carbonyl (C=O) groups is 8. The fourth-order valence-corrected chi connectivity index (χ4v) is 6.03. The second kappa shape index (κ2) is 27.2. The van der Waals surface area contributed by atoms with Crippen LogP contribution in [-0.2, 0) is 38.4 Å². The van der Waals surface area contributed by atoms with E-state index in [1.807, 2.05) is 0 Å². The zero-order valence-electron chi connectivity index (χ0n) is 32.1. The molecule has 0 aromatic rings. The van der Waals surface area contributed by atoms with E-state index in [1.54, 1.807) is 13.8 Å². The minimum atomic E-state index is -1.68. The van der Waals surface area contributed by atoms with Crippen LogP contribution in [0.2, 0.25) is 0 Å². The molecule has 56 heavy (non-hydrogen) atoms. The summed E-state index contributed by atoms with van der Waals surface area (Å²) in [4.78, 5) is 100. The first-order chi connectivity index (χ1) is 26.4. The maximum atomic E-state index is 12.8. The highest BCUT2D eigenvalue weighted by molar-refractivity contribution is 6.43. The molecular weight excluding hydrogens is 743 g/mol. The smallest absolute Gasteiger partial charge is 0.475 e. The van der Waals surface area contributed by atoms with Gasteiger partial charge in [0.1, 0.15) is 12.1 Å². The second-order valence-electron chi connectivity index (χ2n) is 13.8. The first-order valence-electron chi connectivity index (χ1n) is 18.7. The second-order valence-corrected chi connectivity index (χ2v) is 13.8. The van der Waals surface area contributed by atoms with Crippen molar-refractivity contribution in [3.05, 3.63) is 0 Å². The van der Waals surface area contributed by atoms with Crippen LogP contribution in [0.5, 0.6) is 0 Å². The number of carbonyl (C=O) groups excluding carboxylic acids is 4. The lowest BCUT2D eigenvalue weighted by atomic mass is 9.78. The molecule has 318 valence electrons. The van der Waals surface area contributed by atoms with Gasteiger partial charge in [-0.3, -0.25) is 48.2 Å². The molecule has 1 aliphatic rings. The molecule has 0 aliphatic carbocycles. The summed E-state index contributed by atoms with van der Waals surface area (Å²) in [5.74, 6) is -7.52. The van der Waals surface area contributed by atoms with Crippen LogP contribution in [0.15, 0.2) is 0 Å². The number of carboxylic acid groups (broad SMARTS) is 4. The Kier molecular flexibility index (Phi) is 24.1. The van der Waals surface area contributed by atoms with E-state index in [2.05, 4.69) is 26.6 Å². The molecule has 0 saturated carbocycles. The average Bonchev–Trinajstić information content (AvgIpc) is 3.61. The Morgan fingerprint density at radius 1 is 0.750 bits per heavy atom. The van der Waals surface area contributed by atoms with Gasteiger partial charge in [-0.15, -0.1) is 0 Å². The van der Waals surface area contributed by atoms with Crippen LogP contribution in [0.3, 0.4) is 0 Å². The first-order valence-corrected chi connectivity index (χ1v) is 18.7. The van der Waals surface area contributed by atoms with Gasteiger partial charge in [-0.25, -0.2) is 0 Å². The van der Waals surface area contributed by atoms with Crippen molar-refractivity contribution in [2.45, 2.75) is 76.8 Å². The SMILES string of the molecule is CC(C)C(NC(=O)CCCCNC(=O)CCC(C(=O)O)N(CCNCC(=O)O)CCN(CCNCC(=O)O)CC(=O)O)C(=O)NCC(=O)N1CCC[C@H]1B(O)O. The summed E-state index contributed by atoms with van der Waals surface area (Å²) in [7, 11) is -1.68. The highest BCUT2D eigenvalue weighted by Gasteiger charge is 2.37. The minimum absolute atomic E-state index is 0.0373. The minimum Gasteiger partial charge on any atom is -0.480 e. The van der Waals surface area contributed by atoms with Crippen molar-refractivity contribution in [1.29, 1.82) is 0 Å². The Morgan fingerprint density at radius 2 is 1.39 bits per heavy atom. The third kappa shape index (κ3) is 21.0. The number of nitrogens with zero attached hydrogens (tertiary/aromatic N) is 3. The molecule has 22 nitrogen and oxygen atoms in total. The topological polar surface area (TPSA) is 328 Å². The van der Waals surface area contributed by atoms with Gasteiger partial charge in [-0.2, -0.15) is 0 Å². The molecular formula is C33H59BN8O14. The lowest BCUT2D eigenvalue weighted by Crippen LogP contribution is -2.53. The Morgan fingerprint density at radius 3 is 1.96 bits per heavy atom. The van der Waals surface area contributed by atoms with Gasteiger partial charge < -0.3 is 62.0 Å². The predicted molar refractivity (Wildman–Crippen MR) is 199 cm³/mol. The van der Waals surface area contributed by atoms with E-state index in [0.717, 1.165) is 0 Å². The highest BCUT2D eigenvalue weighted by atomic mass is 16.4. The molecule has 1 fully saturated rings. The van der Waals surface area contributed by atoms with Crippen molar-refractivity contribution in [2.24, 2.45) is 5.92 Å². The molecule has 0 radical (unpaired) electrons. The lowest BCUT2D eigenvalue weighted by Gasteiger charge is -2.31. The van der Waals surface area contributed by atoms with Gasteiger partial charge in [0, 0.05) is 65.2 Å². The first kappa shape index (κ1) is 49.6. The number of nitrogens with one attached hydrogen (secondary N) is 5. The molecule has 0 aromatic heterocycles. The number of carboxylic acids is 4. The van der Waals surface area contributed by atoms with Crippen molar-refractivity contribution in [3.63, 3.8) is 0 Å². The Bertz CT molecular complexity index is 1310. The fourth-order valence-electron chi connectivity index (χ4n) is 6.03. The van der Waals surface area contributed by atoms with Gasteiger partial charge in [0.25, 0.3) is 0 Å². The van der Waals surface area contributed by atoms with Crippen LogP contribution >= 0.6 is 0 Å². The average molecular weight is 803 g/mol. The number of aliphatic carboxylic acids is 4. The molecule has 1 aliphatic heterocycles. The molecule has 23 heteroatoms. The van der Waals surface area contributed by atoms with Gasteiger partial charge in [0.05, 0.1) is 32.1 Å². The van der Waals surface area contributed by atoms with Crippen molar-refractivity contribution >= 4 is 54.6 Å². The molecule has 0 bridgehead atoms. The fraction of sp³-hybridized carbons (Fsp3) is 0.758. The molecule has 2 unspecified atom stereocenters. The van der Waals surface area contributed by atoms with Gasteiger partial charge >= 0.3 is 31.0 Å². The number of rotatable bonds is 31. The molecule has 4 amide bonds. The quantitative estimate of drug-likeness (QED) is 0.0234. The normalized spacial score (nSPS) is 15.1. The van der Waals surface area contributed by atoms with Crippen LogP contribution in [-0.4, -0.2) is 196 Å². The van der Waals surface area contributed by atoms with Gasteiger partial charge in [0.2, 0.25) is 23.6 Å². The van der Waals surface area contributed by atoms with E-state index in [1.165, 1.54) is 14.7 Å². The van der Waals surface area contributed by atoms with Crippen molar-refractivity contribution < 1.29 is 68.8 Å². The molecule has 1 rings (SSSR count). The van der Waals surface area contributed by atoms with Crippen LogP contribution < -0.4 is 26.6 Å². The van der Waals surface area contributed by atoms with E-state index in [4.69, 9.17) is 10.2 Å². The number of likely N-dealkylation sites (tertiary alicyclic amines) is 1. The maximum Gasteiger partial charge on any atom is 0.475 e. The number of unbranched alkanes of at least 4 members (excludes halogenated alkanes) is 1. The molecule has 0 aromatic carbocycles. The summed E-state index contributed by atoms with van der Waals surface area (Å²) in [6.45, 7) is 3.13. The molecule has 1 heterocycles. The highest BCUT2D eigenvalue weighted by Crippen LogP contribution is 2.18. The van der Waals surface area contributed by atoms with E-state index >= 15 is 0 Å². The van der Waals surface area contributed by atoms with Crippen LogP contribution in [0.4, 0.5) is 0 Å². The number of hydrogen-bond acceptors (Lipinski definition) is 14. The molecule has 0 spiro atoms. The molecule has 3 atom stereocenters. The van der Waals surface area contributed by atoms with Crippen molar-refractivity contribution in [2.75, 3.05) is 78.5 Å². The van der Waals surface area contributed by atoms with E-state index in [0.29, 0.717) is 32.2 Å². The summed E-state index contributed by atoms with van der Waals surface area (Å²) in [5.41, 5.74) is 0.